The number of nitrogens with zero attached hydrogens (tertiary/aromatic N) is 5. The molecule has 0 atom stereocenters. The number of anilines is 2. The molecule has 0 spiro atoms. The zero-order valence-electron chi connectivity index (χ0n) is 15.6. The lowest BCUT2D eigenvalue weighted by Crippen LogP contribution is -2.46. The van der Waals surface area contributed by atoms with Gasteiger partial charge in [-0.2, -0.15) is 0 Å². The third-order valence-electron chi connectivity index (χ3n) is 4.91. The third-order valence-corrected chi connectivity index (χ3v) is 5.55. The van der Waals surface area contributed by atoms with Crippen molar-refractivity contribution in [3.05, 3.63) is 54.9 Å². The van der Waals surface area contributed by atoms with Crippen molar-refractivity contribution in [2.24, 2.45) is 0 Å². The van der Waals surface area contributed by atoms with Crippen LogP contribution in [-0.2, 0) is 0 Å². The van der Waals surface area contributed by atoms with Gasteiger partial charge in [-0.25, -0.2) is 0 Å². The number of ether oxygens (including phenoxy) is 1. The minimum atomic E-state index is 0.898. The molecule has 1 aliphatic rings. The van der Waals surface area contributed by atoms with E-state index in [-0.39, 0.29) is 0 Å². The Morgan fingerprint density at radius 2 is 1.33 bits per heavy atom. The van der Waals surface area contributed by atoms with Crippen LogP contribution in [0.2, 0.25) is 0 Å². The molecular formula is C20H23N5OS. The Morgan fingerprint density at radius 1 is 0.815 bits per heavy atom. The second kappa shape index (κ2) is 7.92. The molecule has 4 rings (SSSR count). The minimum absolute atomic E-state index is 0.898. The normalized spacial score (nSPS) is 14.4. The molecule has 0 saturated carbocycles. The molecule has 0 radical (unpaired) electrons. The Kier molecular flexibility index (Phi) is 5.20. The van der Waals surface area contributed by atoms with Crippen LogP contribution in [0.4, 0.5) is 11.4 Å². The van der Waals surface area contributed by atoms with E-state index in [2.05, 4.69) is 56.4 Å². The van der Waals surface area contributed by atoms with Gasteiger partial charge in [-0.3, -0.25) is 4.57 Å². The first kappa shape index (κ1) is 17.7. The van der Waals surface area contributed by atoms with Crippen LogP contribution in [0, 0.1) is 0 Å². The Bertz CT molecular complexity index is 870. The molecule has 2 aromatic carbocycles. The molecule has 1 aromatic heterocycles. The van der Waals surface area contributed by atoms with E-state index in [4.69, 9.17) is 4.74 Å². The molecule has 140 valence electrons. The predicted molar refractivity (Wildman–Crippen MR) is 111 cm³/mol. The third kappa shape index (κ3) is 3.73. The van der Waals surface area contributed by atoms with Crippen molar-refractivity contribution in [2.75, 3.05) is 49.3 Å². The molecule has 0 N–H and O–H groups in total. The van der Waals surface area contributed by atoms with Gasteiger partial charge in [0, 0.05) is 43.2 Å². The molecule has 0 amide bonds. The largest absolute Gasteiger partial charge is 0.497 e. The van der Waals surface area contributed by atoms with Crippen molar-refractivity contribution < 1.29 is 4.74 Å². The number of aromatic nitrogens is 3. The topological polar surface area (TPSA) is 46.4 Å². The maximum Gasteiger partial charge on any atom is 0.195 e. The molecule has 6 nitrogen and oxygen atoms in total. The van der Waals surface area contributed by atoms with Crippen LogP contribution in [0.3, 0.4) is 0 Å². The molecule has 0 bridgehead atoms. The number of rotatable bonds is 5. The van der Waals surface area contributed by atoms with Crippen molar-refractivity contribution >= 4 is 23.1 Å². The standard InChI is InChI=1S/C20H23N5OS/c1-26-19-9-7-17(8-10-19)24-13-11-23(12-14-24)16-3-5-18(6-4-16)25-15-21-22-20(25)27-2/h3-10,15H,11-14H2,1-2H3. The monoisotopic (exact) mass is 381 g/mol. The summed E-state index contributed by atoms with van der Waals surface area (Å²) >= 11 is 1.60. The summed E-state index contributed by atoms with van der Waals surface area (Å²) in [5.41, 5.74) is 3.60. The van der Waals surface area contributed by atoms with Gasteiger partial charge in [0.25, 0.3) is 0 Å². The van der Waals surface area contributed by atoms with Gasteiger partial charge in [-0.05, 0) is 54.8 Å². The summed E-state index contributed by atoms with van der Waals surface area (Å²) in [6, 6.07) is 16.9. The lowest BCUT2D eigenvalue weighted by atomic mass is 10.2. The molecule has 0 unspecified atom stereocenters. The van der Waals surface area contributed by atoms with E-state index in [0.29, 0.717) is 0 Å². The molecule has 1 aliphatic heterocycles. The van der Waals surface area contributed by atoms with E-state index in [1.54, 1.807) is 25.2 Å². The van der Waals surface area contributed by atoms with E-state index in [1.807, 2.05) is 23.0 Å². The van der Waals surface area contributed by atoms with Gasteiger partial charge in [-0.1, -0.05) is 11.8 Å². The molecule has 3 aromatic rings. The van der Waals surface area contributed by atoms with Crippen molar-refractivity contribution in [2.45, 2.75) is 5.16 Å². The maximum atomic E-state index is 5.24. The highest BCUT2D eigenvalue weighted by Crippen LogP contribution is 2.24. The van der Waals surface area contributed by atoms with E-state index in [9.17, 15) is 0 Å². The van der Waals surface area contributed by atoms with Gasteiger partial charge in [0.05, 0.1) is 7.11 Å². The number of hydrogen-bond acceptors (Lipinski definition) is 6. The zero-order valence-corrected chi connectivity index (χ0v) is 16.4. The first-order valence-corrected chi connectivity index (χ1v) is 10.2. The summed E-state index contributed by atoms with van der Waals surface area (Å²) in [5, 5.41) is 9.02. The van der Waals surface area contributed by atoms with E-state index in [0.717, 1.165) is 42.8 Å². The van der Waals surface area contributed by atoms with Gasteiger partial charge in [-0.15, -0.1) is 10.2 Å². The Balaban J connectivity index is 1.40. The fourth-order valence-corrected chi connectivity index (χ4v) is 3.86. The van der Waals surface area contributed by atoms with Crippen LogP contribution < -0.4 is 14.5 Å². The SMILES string of the molecule is COc1ccc(N2CCN(c3ccc(-n4cnnc4SC)cc3)CC2)cc1. The number of benzene rings is 2. The number of thioether (sulfide) groups is 1. The average Bonchev–Trinajstić information content (AvgIpc) is 3.23. The molecule has 1 saturated heterocycles. The Morgan fingerprint density at radius 3 is 1.85 bits per heavy atom. The number of piperazine rings is 1. The van der Waals surface area contributed by atoms with Gasteiger partial charge in [0.1, 0.15) is 12.1 Å². The number of hydrogen-bond donors (Lipinski definition) is 0. The van der Waals surface area contributed by atoms with Crippen molar-refractivity contribution in [3.63, 3.8) is 0 Å². The van der Waals surface area contributed by atoms with Gasteiger partial charge in [0.2, 0.25) is 0 Å². The van der Waals surface area contributed by atoms with Crippen molar-refractivity contribution in [1.29, 1.82) is 0 Å². The molecule has 27 heavy (non-hydrogen) atoms. The van der Waals surface area contributed by atoms with Crippen LogP contribution in [0.5, 0.6) is 5.75 Å². The summed E-state index contributed by atoms with van der Waals surface area (Å²) < 4.78 is 7.25. The fourth-order valence-electron chi connectivity index (χ4n) is 3.38. The van der Waals surface area contributed by atoms with Gasteiger partial charge < -0.3 is 14.5 Å². The number of methoxy groups -OCH3 is 1. The van der Waals surface area contributed by atoms with Crippen LogP contribution >= 0.6 is 11.8 Å². The quantitative estimate of drug-likeness (QED) is 0.632. The van der Waals surface area contributed by atoms with Gasteiger partial charge in [0.15, 0.2) is 5.16 Å². The zero-order chi connectivity index (χ0) is 18.6. The second-order valence-electron chi connectivity index (χ2n) is 6.38. The van der Waals surface area contributed by atoms with Gasteiger partial charge >= 0.3 is 0 Å². The first-order valence-electron chi connectivity index (χ1n) is 8.97. The first-order chi connectivity index (χ1) is 13.3. The minimum Gasteiger partial charge on any atom is -0.497 e. The summed E-state index contributed by atoms with van der Waals surface area (Å²) in [6.45, 7) is 4.04. The van der Waals surface area contributed by atoms with Crippen LogP contribution in [0.1, 0.15) is 0 Å². The summed E-state index contributed by atoms with van der Waals surface area (Å²) in [7, 11) is 1.70. The predicted octanol–water partition coefficient (Wildman–Crippen LogP) is 3.32. The molecule has 1 fully saturated rings. The molecule has 2 heterocycles. The highest BCUT2D eigenvalue weighted by molar-refractivity contribution is 7.98. The fraction of sp³-hybridized carbons (Fsp3) is 0.300. The molecular weight excluding hydrogens is 358 g/mol. The van der Waals surface area contributed by atoms with E-state index in [1.165, 1.54) is 11.4 Å². The molecule has 0 aliphatic carbocycles. The second-order valence-corrected chi connectivity index (χ2v) is 7.15. The Labute approximate surface area is 163 Å². The summed E-state index contributed by atoms with van der Waals surface area (Å²) in [4.78, 5) is 4.86. The highest BCUT2D eigenvalue weighted by atomic mass is 32.2. The van der Waals surface area contributed by atoms with Crippen LogP contribution in [0.15, 0.2) is 60.0 Å². The smallest absolute Gasteiger partial charge is 0.195 e. The Hall–Kier alpha value is -2.67. The van der Waals surface area contributed by atoms with Crippen molar-refractivity contribution in [1.82, 2.24) is 14.8 Å². The summed E-state index contributed by atoms with van der Waals surface area (Å²) in [6.07, 6.45) is 3.77. The van der Waals surface area contributed by atoms with Crippen molar-refractivity contribution in [3.8, 4) is 11.4 Å². The maximum absolute atomic E-state index is 5.24. The average molecular weight is 382 g/mol. The lowest BCUT2D eigenvalue weighted by Gasteiger charge is -2.37. The van der Waals surface area contributed by atoms with E-state index >= 15 is 0 Å². The lowest BCUT2D eigenvalue weighted by molar-refractivity contribution is 0.415. The highest BCUT2D eigenvalue weighted by Gasteiger charge is 2.18. The summed E-state index contributed by atoms with van der Waals surface area (Å²) in [5.74, 6) is 0.898. The van der Waals surface area contributed by atoms with Crippen LogP contribution in [0.25, 0.3) is 5.69 Å². The molecule has 7 heteroatoms. The van der Waals surface area contributed by atoms with Crippen LogP contribution in [-0.4, -0.2) is 54.3 Å². The van der Waals surface area contributed by atoms with E-state index < -0.39 is 0 Å².